The molecule has 8 heteroatoms. The second-order valence-corrected chi connectivity index (χ2v) is 5.31. The summed E-state index contributed by atoms with van der Waals surface area (Å²) >= 11 is 0. The van der Waals surface area contributed by atoms with Crippen LogP contribution < -0.4 is 10.6 Å². The molecule has 1 atom stereocenters. The number of carbonyl (C=O) groups excluding carboxylic acids is 3. The molecule has 0 spiro atoms. The number of piperazine rings is 1. The van der Waals surface area contributed by atoms with Gasteiger partial charge in [0.05, 0.1) is 0 Å². The molecule has 0 aromatic carbocycles. The zero-order valence-corrected chi connectivity index (χ0v) is 11.7. The molecule has 8 nitrogen and oxygen atoms in total. The van der Waals surface area contributed by atoms with Crippen LogP contribution in [0, 0.1) is 0 Å². The van der Waals surface area contributed by atoms with E-state index in [0.717, 1.165) is 4.90 Å². The van der Waals surface area contributed by atoms with E-state index in [2.05, 4.69) is 10.6 Å². The quantitative estimate of drug-likeness (QED) is 0.612. The van der Waals surface area contributed by atoms with Gasteiger partial charge in [-0.15, -0.1) is 0 Å². The molecule has 20 heavy (non-hydrogen) atoms. The normalized spacial score (nSPS) is 19.2. The number of nitrogens with one attached hydrogen (secondary N) is 2. The van der Waals surface area contributed by atoms with Gasteiger partial charge in [0, 0.05) is 12.5 Å². The highest BCUT2D eigenvalue weighted by molar-refractivity contribution is 6.05. The van der Waals surface area contributed by atoms with Crippen molar-refractivity contribution in [1.29, 1.82) is 0 Å². The summed E-state index contributed by atoms with van der Waals surface area (Å²) in [6.07, 6.45) is 0.208. The zero-order chi connectivity index (χ0) is 15.5. The lowest BCUT2D eigenvalue weighted by Gasteiger charge is -2.40. The SMILES string of the molecule is CC(CCC(=O)O)NC(=O)N1CC(=O)NC(=O)C1(C)C. The van der Waals surface area contributed by atoms with Gasteiger partial charge in [-0.05, 0) is 27.2 Å². The highest BCUT2D eigenvalue weighted by Gasteiger charge is 2.43. The molecule has 1 aliphatic rings. The van der Waals surface area contributed by atoms with Crippen molar-refractivity contribution >= 4 is 23.8 Å². The van der Waals surface area contributed by atoms with E-state index >= 15 is 0 Å². The fourth-order valence-electron chi connectivity index (χ4n) is 1.81. The molecule has 1 unspecified atom stereocenters. The Bertz CT molecular complexity index is 446. The Morgan fingerprint density at radius 1 is 1.45 bits per heavy atom. The summed E-state index contributed by atoms with van der Waals surface area (Å²) in [6, 6.07) is -0.925. The van der Waals surface area contributed by atoms with Gasteiger partial charge in [0.2, 0.25) is 5.91 Å². The van der Waals surface area contributed by atoms with Crippen LogP contribution in [0.25, 0.3) is 0 Å². The number of hydrogen-bond acceptors (Lipinski definition) is 4. The number of amides is 4. The molecular formula is C12H19N3O5. The predicted octanol–water partition coefficient (Wildman–Crippen LogP) is -0.314. The first kappa shape index (κ1) is 15.9. The molecule has 112 valence electrons. The molecule has 4 amide bonds. The standard InChI is InChI=1S/C12H19N3O5/c1-7(4-5-9(17)18)13-11(20)15-6-8(16)14-10(19)12(15,2)3/h7H,4-6H2,1-3H3,(H,13,20)(H,17,18)(H,14,16,19). The maximum atomic E-state index is 12.1. The first-order valence-corrected chi connectivity index (χ1v) is 6.28. The molecule has 0 aromatic rings. The Labute approximate surface area is 116 Å². The second kappa shape index (κ2) is 5.89. The fraction of sp³-hybridized carbons (Fsp3) is 0.667. The molecule has 1 heterocycles. The number of carbonyl (C=O) groups is 4. The van der Waals surface area contributed by atoms with E-state index in [0.29, 0.717) is 0 Å². The van der Waals surface area contributed by atoms with Crippen LogP contribution in [0.3, 0.4) is 0 Å². The van der Waals surface area contributed by atoms with E-state index in [1.165, 1.54) is 13.8 Å². The van der Waals surface area contributed by atoms with Crippen LogP contribution >= 0.6 is 0 Å². The number of carboxylic acid groups (broad SMARTS) is 1. The molecule has 1 fully saturated rings. The largest absolute Gasteiger partial charge is 0.481 e. The third-order valence-electron chi connectivity index (χ3n) is 3.19. The van der Waals surface area contributed by atoms with Crippen molar-refractivity contribution in [3.05, 3.63) is 0 Å². The first-order chi connectivity index (χ1) is 9.14. The van der Waals surface area contributed by atoms with E-state index < -0.39 is 29.4 Å². The highest BCUT2D eigenvalue weighted by Crippen LogP contribution is 2.18. The average Bonchev–Trinajstić information content (AvgIpc) is 2.31. The van der Waals surface area contributed by atoms with E-state index in [-0.39, 0.29) is 25.4 Å². The summed E-state index contributed by atoms with van der Waals surface area (Å²) in [7, 11) is 0. The number of nitrogens with zero attached hydrogens (tertiary/aromatic N) is 1. The maximum Gasteiger partial charge on any atom is 0.318 e. The maximum absolute atomic E-state index is 12.1. The topological polar surface area (TPSA) is 116 Å². The molecule has 1 saturated heterocycles. The van der Waals surface area contributed by atoms with E-state index in [9.17, 15) is 19.2 Å². The molecule has 0 aliphatic carbocycles. The number of hydrogen-bond donors (Lipinski definition) is 3. The number of rotatable bonds is 4. The Balaban J connectivity index is 2.67. The van der Waals surface area contributed by atoms with Crippen molar-refractivity contribution in [2.45, 2.75) is 45.2 Å². The van der Waals surface area contributed by atoms with Gasteiger partial charge in [-0.3, -0.25) is 19.7 Å². The summed E-state index contributed by atoms with van der Waals surface area (Å²) in [5, 5.41) is 13.3. The van der Waals surface area contributed by atoms with E-state index in [1.54, 1.807) is 6.92 Å². The summed E-state index contributed by atoms with van der Waals surface area (Å²) in [4.78, 5) is 46.8. The Kier molecular flexibility index (Phi) is 4.69. The number of urea groups is 1. The monoisotopic (exact) mass is 285 g/mol. The van der Waals surface area contributed by atoms with Crippen molar-refractivity contribution in [2.75, 3.05) is 6.54 Å². The van der Waals surface area contributed by atoms with Gasteiger partial charge in [0.1, 0.15) is 12.1 Å². The lowest BCUT2D eigenvalue weighted by atomic mass is 9.99. The molecular weight excluding hydrogens is 266 g/mol. The van der Waals surface area contributed by atoms with E-state index in [4.69, 9.17) is 5.11 Å². The Hall–Kier alpha value is -2.12. The molecule has 0 saturated carbocycles. The van der Waals surface area contributed by atoms with Gasteiger partial charge in [0.15, 0.2) is 0 Å². The fourth-order valence-corrected chi connectivity index (χ4v) is 1.81. The molecule has 0 aromatic heterocycles. The summed E-state index contributed by atoms with van der Waals surface area (Å²) < 4.78 is 0. The van der Waals surface area contributed by atoms with Gasteiger partial charge in [-0.25, -0.2) is 4.79 Å². The van der Waals surface area contributed by atoms with Gasteiger partial charge in [0.25, 0.3) is 5.91 Å². The minimum Gasteiger partial charge on any atom is -0.481 e. The molecule has 3 N–H and O–H groups in total. The highest BCUT2D eigenvalue weighted by atomic mass is 16.4. The van der Waals surface area contributed by atoms with Gasteiger partial charge >= 0.3 is 12.0 Å². The van der Waals surface area contributed by atoms with Gasteiger partial charge in [-0.1, -0.05) is 0 Å². The van der Waals surface area contributed by atoms with Gasteiger partial charge < -0.3 is 15.3 Å². The summed E-state index contributed by atoms with van der Waals surface area (Å²) in [6.45, 7) is 4.53. The molecule has 0 radical (unpaired) electrons. The van der Waals surface area contributed by atoms with Crippen LogP contribution in [0.2, 0.25) is 0 Å². The van der Waals surface area contributed by atoms with Crippen LogP contribution in [-0.4, -0.2) is 51.9 Å². The number of imide groups is 1. The van der Waals surface area contributed by atoms with Crippen molar-refractivity contribution in [1.82, 2.24) is 15.5 Å². The zero-order valence-electron chi connectivity index (χ0n) is 11.7. The van der Waals surface area contributed by atoms with Crippen LogP contribution in [0.5, 0.6) is 0 Å². The summed E-state index contributed by atoms with van der Waals surface area (Å²) in [5.74, 6) is -2.02. The van der Waals surface area contributed by atoms with Gasteiger partial charge in [-0.2, -0.15) is 0 Å². The molecule has 1 aliphatic heterocycles. The molecule has 1 rings (SSSR count). The predicted molar refractivity (Wildman–Crippen MR) is 68.8 cm³/mol. The minimum atomic E-state index is -1.13. The third-order valence-corrected chi connectivity index (χ3v) is 3.19. The van der Waals surface area contributed by atoms with Crippen LogP contribution in [0.1, 0.15) is 33.6 Å². The first-order valence-electron chi connectivity index (χ1n) is 6.28. The van der Waals surface area contributed by atoms with Crippen molar-refractivity contribution in [3.8, 4) is 0 Å². The van der Waals surface area contributed by atoms with Crippen molar-refractivity contribution in [3.63, 3.8) is 0 Å². The smallest absolute Gasteiger partial charge is 0.318 e. The van der Waals surface area contributed by atoms with E-state index in [1.807, 2.05) is 0 Å². The average molecular weight is 285 g/mol. The van der Waals surface area contributed by atoms with Crippen LogP contribution in [0.15, 0.2) is 0 Å². The Morgan fingerprint density at radius 3 is 2.60 bits per heavy atom. The summed E-state index contributed by atoms with van der Waals surface area (Å²) in [5.41, 5.74) is -1.13. The molecule has 0 bridgehead atoms. The third kappa shape index (κ3) is 3.69. The second-order valence-electron chi connectivity index (χ2n) is 5.31. The van der Waals surface area contributed by atoms with Crippen LogP contribution in [0.4, 0.5) is 4.79 Å². The Morgan fingerprint density at radius 2 is 2.05 bits per heavy atom. The minimum absolute atomic E-state index is 0.0652. The number of carboxylic acids is 1. The lowest BCUT2D eigenvalue weighted by molar-refractivity contribution is -0.142. The lowest BCUT2D eigenvalue weighted by Crippen LogP contribution is -2.67. The van der Waals surface area contributed by atoms with Crippen LogP contribution in [-0.2, 0) is 14.4 Å². The van der Waals surface area contributed by atoms with Crippen molar-refractivity contribution in [2.24, 2.45) is 0 Å². The van der Waals surface area contributed by atoms with Crippen molar-refractivity contribution < 1.29 is 24.3 Å². The number of aliphatic carboxylic acids is 1.